The van der Waals surface area contributed by atoms with Crippen molar-refractivity contribution < 1.29 is 14.3 Å². The molecule has 0 radical (unpaired) electrons. The molecule has 8 heteroatoms. The van der Waals surface area contributed by atoms with Gasteiger partial charge in [0.15, 0.2) is 16.6 Å². The van der Waals surface area contributed by atoms with Gasteiger partial charge in [-0.3, -0.25) is 9.78 Å². The number of hydrogen-bond acceptors (Lipinski definition) is 7. The highest BCUT2D eigenvalue weighted by Gasteiger charge is 2.35. The summed E-state index contributed by atoms with van der Waals surface area (Å²) in [7, 11) is 1.64. The number of carbonyl (C=O) groups excluding carboxylic acids is 1. The topological polar surface area (TPSA) is 85.4 Å². The van der Waals surface area contributed by atoms with Crippen LogP contribution in [0.1, 0.15) is 24.5 Å². The van der Waals surface area contributed by atoms with E-state index in [4.69, 9.17) is 9.47 Å². The third-order valence-electron chi connectivity index (χ3n) is 5.93. The number of nitrogens with zero attached hydrogens (tertiary/aromatic N) is 2. The average molecular weight is 461 g/mol. The molecule has 0 saturated carbocycles. The number of pyridine rings is 1. The van der Waals surface area contributed by atoms with Crippen LogP contribution < -0.4 is 20.1 Å². The lowest BCUT2D eigenvalue weighted by atomic mass is 9.81. The van der Waals surface area contributed by atoms with Gasteiger partial charge >= 0.3 is 0 Å². The highest BCUT2D eigenvalue weighted by atomic mass is 32.1. The highest BCUT2D eigenvalue weighted by Crippen LogP contribution is 2.41. The zero-order valence-electron chi connectivity index (χ0n) is 18.4. The van der Waals surface area contributed by atoms with Gasteiger partial charge in [0.25, 0.3) is 0 Å². The zero-order valence-corrected chi connectivity index (χ0v) is 19.2. The number of nitrogens with one attached hydrogen (secondary N) is 2. The lowest BCUT2D eigenvalue weighted by Gasteiger charge is -2.37. The van der Waals surface area contributed by atoms with Crippen LogP contribution in [0.2, 0.25) is 0 Å². The molecule has 168 valence electrons. The van der Waals surface area contributed by atoms with Gasteiger partial charge in [0, 0.05) is 47.9 Å². The molecule has 0 bridgehead atoms. The molecule has 33 heavy (non-hydrogen) atoms. The molecule has 7 nitrogen and oxygen atoms in total. The van der Waals surface area contributed by atoms with E-state index >= 15 is 0 Å². The Labute approximate surface area is 195 Å². The summed E-state index contributed by atoms with van der Waals surface area (Å²) in [6.07, 6.45) is 6.38. The molecule has 1 aliphatic rings. The number of anilines is 1. The van der Waals surface area contributed by atoms with Gasteiger partial charge in [0.2, 0.25) is 5.91 Å². The molecule has 0 aliphatic carbocycles. The van der Waals surface area contributed by atoms with Crippen molar-refractivity contribution in [2.24, 2.45) is 0 Å². The Balaban J connectivity index is 1.46. The molecular formula is C25H24N4O3S. The van der Waals surface area contributed by atoms with Gasteiger partial charge in [0.05, 0.1) is 7.11 Å². The molecule has 1 aliphatic heterocycles. The SMILES string of the molecule is COc1cc2c(cc1Oc1ccc3cnccc3c1)C(C)(CC(=O)Nc1nccs1)NCC2. The molecule has 0 spiro atoms. The predicted octanol–water partition coefficient (Wildman–Crippen LogP) is 4.88. The van der Waals surface area contributed by atoms with Gasteiger partial charge < -0.3 is 20.1 Å². The van der Waals surface area contributed by atoms with Crippen molar-refractivity contribution in [2.75, 3.05) is 19.0 Å². The van der Waals surface area contributed by atoms with Gasteiger partial charge in [-0.25, -0.2) is 4.98 Å². The van der Waals surface area contributed by atoms with Crippen LogP contribution in [-0.4, -0.2) is 29.5 Å². The van der Waals surface area contributed by atoms with E-state index in [0.29, 0.717) is 22.4 Å². The summed E-state index contributed by atoms with van der Waals surface area (Å²) in [6.45, 7) is 2.82. The number of methoxy groups -OCH3 is 1. The third-order valence-corrected chi connectivity index (χ3v) is 6.61. The number of ether oxygens (including phenoxy) is 2. The fourth-order valence-electron chi connectivity index (χ4n) is 4.31. The van der Waals surface area contributed by atoms with Gasteiger partial charge in [0.1, 0.15) is 5.75 Å². The highest BCUT2D eigenvalue weighted by molar-refractivity contribution is 7.13. The van der Waals surface area contributed by atoms with Crippen molar-refractivity contribution in [1.29, 1.82) is 0 Å². The first-order chi connectivity index (χ1) is 16.0. The Bertz CT molecular complexity index is 1310. The molecule has 5 rings (SSSR count). The minimum absolute atomic E-state index is 0.0887. The predicted molar refractivity (Wildman–Crippen MR) is 129 cm³/mol. The largest absolute Gasteiger partial charge is 0.493 e. The van der Waals surface area contributed by atoms with E-state index in [0.717, 1.165) is 34.9 Å². The van der Waals surface area contributed by atoms with Crippen molar-refractivity contribution in [1.82, 2.24) is 15.3 Å². The van der Waals surface area contributed by atoms with E-state index in [-0.39, 0.29) is 12.3 Å². The lowest BCUT2D eigenvalue weighted by molar-refractivity contribution is -0.117. The molecule has 0 fully saturated rings. The van der Waals surface area contributed by atoms with Crippen LogP contribution in [-0.2, 0) is 16.8 Å². The summed E-state index contributed by atoms with van der Waals surface area (Å²) in [4.78, 5) is 21.1. The Morgan fingerprint density at radius 3 is 2.91 bits per heavy atom. The van der Waals surface area contributed by atoms with Crippen LogP contribution >= 0.6 is 11.3 Å². The average Bonchev–Trinajstić information content (AvgIpc) is 3.32. The van der Waals surface area contributed by atoms with E-state index in [1.54, 1.807) is 19.5 Å². The summed E-state index contributed by atoms with van der Waals surface area (Å²) in [5.74, 6) is 1.90. The molecule has 1 amide bonds. The van der Waals surface area contributed by atoms with Crippen molar-refractivity contribution in [3.63, 3.8) is 0 Å². The molecular weight excluding hydrogens is 436 g/mol. The normalized spacial score (nSPS) is 17.4. The van der Waals surface area contributed by atoms with Gasteiger partial charge in [-0.1, -0.05) is 0 Å². The second kappa shape index (κ2) is 8.80. The number of aromatic nitrogens is 2. The standard InChI is InChI=1S/C25H24N4O3S/c1-25(14-23(30)29-24-27-9-10-33-24)20-13-22(21(31-2)12-17(20)6-8-28-25)32-19-4-3-18-15-26-7-5-16(18)11-19/h3-5,7,9-13,15,28H,6,8,14H2,1-2H3,(H,27,29,30). The van der Waals surface area contributed by atoms with E-state index in [2.05, 4.69) is 20.6 Å². The molecule has 1 unspecified atom stereocenters. The molecule has 3 heterocycles. The number of carbonyl (C=O) groups is 1. The molecule has 4 aromatic rings. The fourth-order valence-corrected chi connectivity index (χ4v) is 4.85. The summed E-state index contributed by atoms with van der Waals surface area (Å²) in [5.41, 5.74) is 1.63. The van der Waals surface area contributed by atoms with Crippen LogP contribution in [0.3, 0.4) is 0 Å². The van der Waals surface area contributed by atoms with Crippen molar-refractivity contribution in [3.05, 3.63) is 71.5 Å². The zero-order chi connectivity index (χ0) is 22.8. The molecule has 2 aromatic carbocycles. The van der Waals surface area contributed by atoms with Crippen LogP contribution in [0.25, 0.3) is 10.8 Å². The Hall–Kier alpha value is -3.49. The van der Waals surface area contributed by atoms with Gasteiger partial charge in [-0.15, -0.1) is 11.3 Å². The quantitative estimate of drug-likeness (QED) is 0.427. The molecule has 2 N–H and O–H groups in total. The molecule has 0 saturated heterocycles. The van der Waals surface area contributed by atoms with Crippen molar-refractivity contribution >= 4 is 33.1 Å². The first kappa shape index (κ1) is 21.4. The summed E-state index contributed by atoms with van der Waals surface area (Å²) in [6, 6.07) is 11.9. The Kier molecular flexibility index (Phi) is 5.70. The van der Waals surface area contributed by atoms with E-state index in [1.807, 2.05) is 54.9 Å². The third kappa shape index (κ3) is 4.40. The van der Waals surface area contributed by atoms with E-state index in [1.165, 1.54) is 11.3 Å². The van der Waals surface area contributed by atoms with E-state index < -0.39 is 5.54 Å². The van der Waals surface area contributed by atoms with Crippen LogP contribution in [0, 0.1) is 0 Å². The fraction of sp³-hybridized carbons (Fsp3) is 0.240. The van der Waals surface area contributed by atoms with Crippen LogP contribution in [0.5, 0.6) is 17.2 Å². The number of amides is 1. The van der Waals surface area contributed by atoms with E-state index in [9.17, 15) is 4.79 Å². The number of benzene rings is 2. The molecule has 2 aromatic heterocycles. The maximum absolute atomic E-state index is 12.8. The minimum Gasteiger partial charge on any atom is -0.493 e. The summed E-state index contributed by atoms with van der Waals surface area (Å²) >= 11 is 1.40. The van der Waals surface area contributed by atoms with Crippen LogP contribution in [0.15, 0.2) is 60.4 Å². The monoisotopic (exact) mass is 460 g/mol. The van der Waals surface area contributed by atoms with Crippen molar-refractivity contribution in [2.45, 2.75) is 25.3 Å². The number of fused-ring (bicyclic) bond motifs is 2. The first-order valence-electron chi connectivity index (χ1n) is 10.7. The first-order valence-corrected chi connectivity index (χ1v) is 11.6. The maximum Gasteiger partial charge on any atom is 0.228 e. The second-order valence-electron chi connectivity index (χ2n) is 8.22. The number of thiazole rings is 1. The maximum atomic E-state index is 12.8. The lowest BCUT2D eigenvalue weighted by Crippen LogP contribution is -2.47. The second-order valence-corrected chi connectivity index (χ2v) is 9.11. The van der Waals surface area contributed by atoms with Gasteiger partial charge in [-0.2, -0.15) is 0 Å². The number of hydrogen-bond donors (Lipinski definition) is 2. The molecule has 1 atom stereocenters. The Morgan fingerprint density at radius 1 is 1.18 bits per heavy atom. The van der Waals surface area contributed by atoms with Crippen molar-refractivity contribution in [3.8, 4) is 17.2 Å². The summed E-state index contributed by atoms with van der Waals surface area (Å²) < 4.78 is 11.9. The Morgan fingerprint density at radius 2 is 2.09 bits per heavy atom. The minimum atomic E-state index is -0.547. The smallest absolute Gasteiger partial charge is 0.228 e. The van der Waals surface area contributed by atoms with Crippen LogP contribution in [0.4, 0.5) is 5.13 Å². The van der Waals surface area contributed by atoms with Gasteiger partial charge in [-0.05, 0) is 66.3 Å². The summed E-state index contributed by atoms with van der Waals surface area (Å²) in [5, 5.41) is 11.0. The number of rotatable bonds is 6.